The molecule has 1 unspecified atom stereocenters. The van der Waals surface area contributed by atoms with Gasteiger partial charge in [0.1, 0.15) is 5.82 Å². The van der Waals surface area contributed by atoms with E-state index >= 15 is 0 Å². The predicted octanol–water partition coefficient (Wildman–Crippen LogP) is 2.25. The van der Waals surface area contributed by atoms with E-state index in [1.54, 1.807) is 6.20 Å². The number of hydrogen-bond acceptors (Lipinski definition) is 2. The summed E-state index contributed by atoms with van der Waals surface area (Å²) in [5.74, 6) is 1.02. The van der Waals surface area contributed by atoms with Crippen molar-refractivity contribution >= 4 is 0 Å². The minimum atomic E-state index is 0.340. The van der Waals surface area contributed by atoms with Gasteiger partial charge in [-0.05, 0) is 19.9 Å². The predicted molar refractivity (Wildman–Crippen MR) is 54.5 cm³/mol. The first-order chi connectivity index (χ1) is 6.34. The topological polar surface area (TPSA) is 40.7 Å². The fraction of sp³-hybridized carbons (Fsp3) is 0.700. The highest BCUT2D eigenvalue weighted by molar-refractivity contribution is 4.93. The van der Waals surface area contributed by atoms with Crippen LogP contribution in [0.25, 0.3) is 0 Å². The van der Waals surface area contributed by atoms with Crippen molar-refractivity contribution in [2.75, 3.05) is 6.54 Å². The Morgan fingerprint density at radius 2 is 2.38 bits per heavy atom. The molecule has 0 spiro atoms. The highest BCUT2D eigenvalue weighted by atomic mass is 15.0. The summed E-state index contributed by atoms with van der Waals surface area (Å²) in [4.78, 5) is 7.30. The van der Waals surface area contributed by atoms with Crippen LogP contribution in [0.5, 0.6) is 0 Å². The molecule has 0 aromatic carbocycles. The molecule has 0 bridgehead atoms. The molecule has 13 heavy (non-hydrogen) atoms. The van der Waals surface area contributed by atoms with Crippen molar-refractivity contribution in [1.29, 1.82) is 0 Å². The van der Waals surface area contributed by atoms with Crippen molar-refractivity contribution in [3.8, 4) is 0 Å². The molecule has 0 radical (unpaired) electrons. The minimum Gasteiger partial charge on any atom is -0.347 e. The van der Waals surface area contributed by atoms with E-state index in [4.69, 9.17) is 0 Å². The second-order valence-corrected chi connectivity index (χ2v) is 3.36. The third-order valence-electron chi connectivity index (χ3n) is 2.16. The number of aromatic nitrogens is 2. The van der Waals surface area contributed by atoms with Crippen LogP contribution in [0.1, 0.15) is 45.0 Å². The van der Waals surface area contributed by atoms with Crippen LogP contribution in [0.2, 0.25) is 0 Å². The summed E-state index contributed by atoms with van der Waals surface area (Å²) in [6.07, 6.45) is 7.48. The molecule has 0 amide bonds. The first-order valence-electron chi connectivity index (χ1n) is 5.07. The highest BCUT2D eigenvalue weighted by Gasteiger charge is 2.04. The summed E-state index contributed by atoms with van der Waals surface area (Å²) in [5.41, 5.74) is 0. The van der Waals surface area contributed by atoms with Gasteiger partial charge in [-0.15, -0.1) is 0 Å². The average molecular weight is 181 g/mol. The summed E-state index contributed by atoms with van der Waals surface area (Å²) in [6.45, 7) is 5.43. The van der Waals surface area contributed by atoms with Gasteiger partial charge in [-0.2, -0.15) is 0 Å². The van der Waals surface area contributed by atoms with Gasteiger partial charge < -0.3 is 10.3 Å². The zero-order chi connectivity index (χ0) is 9.52. The molecule has 74 valence electrons. The molecule has 1 aromatic rings. The van der Waals surface area contributed by atoms with Crippen molar-refractivity contribution in [1.82, 2.24) is 15.3 Å². The lowest BCUT2D eigenvalue weighted by molar-refractivity contribution is 0.527. The van der Waals surface area contributed by atoms with Gasteiger partial charge in [-0.25, -0.2) is 4.98 Å². The number of imidazole rings is 1. The third-order valence-corrected chi connectivity index (χ3v) is 2.16. The number of hydrogen-bond donors (Lipinski definition) is 2. The van der Waals surface area contributed by atoms with Gasteiger partial charge in [0.05, 0.1) is 6.04 Å². The Morgan fingerprint density at radius 1 is 1.54 bits per heavy atom. The molecule has 3 nitrogen and oxygen atoms in total. The number of H-pyrrole nitrogens is 1. The first kappa shape index (κ1) is 10.3. The van der Waals surface area contributed by atoms with E-state index < -0.39 is 0 Å². The normalized spacial score (nSPS) is 13.1. The summed E-state index contributed by atoms with van der Waals surface area (Å²) in [5, 5.41) is 3.43. The molecule has 0 aliphatic carbocycles. The fourth-order valence-corrected chi connectivity index (χ4v) is 1.30. The number of rotatable bonds is 6. The zero-order valence-corrected chi connectivity index (χ0v) is 8.51. The van der Waals surface area contributed by atoms with E-state index in [0.717, 1.165) is 12.4 Å². The molecule has 1 atom stereocenters. The SMILES string of the molecule is CCCCCNC(C)c1ncc[nH]1. The quantitative estimate of drug-likeness (QED) is 0.661. The first-order valence-corrected chi connectivity index (χ1v) is 5.07. The molecule has 0 fully saturated rings. The smallest absolute Gasteiger partial charge is 0.122 e. The largest absolute Gasteiger partial charge is 0.347 e. The molecular formula is C10H19N3. The molecule has 3 heteroatoms. The number of unbranched alkanes of at least 4 members (excludes halogenated alkanes) is 2. The second kappa shape index (κ2) is 5.75. The van der Waals surface area contributed by atoms with Gasteiger partial charge in [0.2, 0.25) is 0 Å². The van der Waals surface area contributed by atoms with Crippen LogP contribution >= 0.6 is 0 Å². The van der Waals surface area contributed by atoms with E-state index in [1.807, 2.05) is 6.20 Å². The maximum Gasteiger partial charge on any atom is 0.122 e. The number of aromatic amines is 1. The van der Waals surface area contributed by atoms with Gasteiger partial charge in [0.25, 0.3) is 0 Å². The van der Waals surface area contributed by atoms with Crippen LogP contribution in [0, 0.1) is 0 Å². The third kappa shape index (κ3) is 3.59. The average Bonchev–Trinajstić information content (AvgIpc) is 2.65. The summed E-state index contributed by atoms with van der Waals surface area (Å²) >= 11 is 0. The van der Waals surface area contributed by atoms with Crippen LogP contribution in [-0.2, 0) is 0 Å². The van der Waals surface area contributed by atoms with E-state index in [1.165, 1.54) is 19.3 Å². The Morgan fingerprint density at radius 3 is 3.00 bits per heavy atom. The van der Waals surface area contributed by atoms with Crippen LogP contribution in [0.3, 0.4) is 0 Å². The van der Waals surface area contributed by atoms with Crippen molar-refractivity contribution < 1.29 is 0 Å². The molecule has 2 N–H and O–H groups in total. The van der Waals surface area contributed by atoms with Crippen LogP contribution in [-0.4, -0.2) is 16.5 Å². The zero-order valence-electron chi connectivity index (χ0n) is 8.51. The maximum atomic E-state index is 4.20. The molecule has 0 aliphatic heterocycles. The maximum absolute atomic E-state index is 4.20. The molecule has 1 aromatic heterocycles. The molecule has 1 rings (SSSR count). The monoisotopic (exact) mass is 181 g/mol. The van der Waals surface area contributed by atoms with Crippen molar-refractivity contribution in [2.45, 2.75) is 39.2 Å². The van der Waals surface area contributed by atoms with Gasteiger partial charge in [0, 0.05) is 12.4 Å². The van der Waals surface area contributed by atoms with Gasteiger partial charge in [-0.3, -0.25) is 0 Å². The number of nitrogens with one attached hydrogen (secondary N) is 2. The lowest BCUT2D eigenvalue weighted by Gasteiger charge is -2.10. The Balaban J connectivity index is 2.15. The molecular weight excluding hydrogens is 162 g/mol. The highest BCUT2D eigenvalue weighted by Crippen LogP contribution is 2.05. The molecule has 0 saturated heterocycles. The Bertz CT molecular complexity index is 206. The van der Waals surface area contributed by atoms with Crippen LogP contribution in [0.4, 0.5) is 0 Å². The second-order valence-electron chi connectivity index (χ2n) is 3.36. The standard InChI is InChI=1S/C10H19N3/c1-3-4-5-6-11-9(2)10-12-7-8-13-10/h7-9,11H,3-6H2,1-2H3,(H,12,13). The van der Waals surface area contributed by atoms with Crippen molar-refractivity contribution in [2.24, 2.45) is 0 Å². The Hall–Kier alpha value is -0.830. The van der Waals surface area contributed by atoms with E-state index in [0.29, 0.717) is 6.04 Å². The van der Waals surface area contributed by atoms with Crippen molar-refractivity contribution in [3.63, 3.8) is 0 Å². The summed E-state index contributed by atoms with van der Waals surface area (Å²) in [6, 6.07) is 0.340. The van der Waals surface area contributed by atoms with Crippen LogP contribution in [0.15, 0.2) is 12.4 Å². The summed E-state index contributed by atoms with van der Waals surface area (Å²) in [7, 11) is 0. The van der Waals surface area contributed by atoms with Gasteiger partial charge in [-0.1, -0.05) is 19.8 Å². The van der Waals surface area contributed by atoms with Crippen molar-refractivity contribution in [3.05, 3.63) is 18.2 Å². The summed E-state index contributed by atoms with van der Waals surface area (Å²) < 4.78 is 0. The lowest BCUT2D eigenvalue weighted by atomic mass is 10.2. The molecule has 0 saturated carbocycles. The van der Waals surface area contributed by atoms with Gasteiger partial charge in [0.15, 0.2) is 0 Å². The number of nitrogens with zero attached hydrogens (tertiary/aromatic N) is 1. The Labute approximate surface area is 80.0 Å². The van der Waals surface area contributed by atoms with E-state index in [9.17, 15) is 0 Å². The van der Waals surface area contributed by atoms with E-state index in [2.05, 4.69) is 29.1 Å². The Kier molecular flexibility index (Phi) is 4.54. The minimum absolute atomic E-state index is 0.340. The van der Waals surface area contributed by atoms with E-state index in [-0.39, 0.29) is 0 Å². The van der Waals surface area contributed by atoms with Crippen LogP contribution < -0.4 is 5.32 Å². The molecule has 0 aliphatic rings. The molecule has 1 heterocycles. The fourth-order valence-electron chi connectivity index (χ4n) is 1.30. The van der Waals surface area contributed by atoms with Gasteiger partial charge >= 0.3 is 0 Å². The lowest BCUT2D eigenvalue weighted by Crippen LogP contribution is -2.20.